The highest BCUT2D eigenvalue weighted by molar-refractivity contribution is 5.46. The summed E-state index contributed by atoms with van der Waals surface area (Å²) in [5, 5.41) is 13.1. The summed E-state index contributed by atoms with van der Waals surface area (Å²) in [7, 11) is 0. The Hall–Kier alpha value is -1.54. The molecule has 23 heavy (non-hydrogen) atoms. The van der Waals surface area contributed by atoms with E-state index in [-0.39, 0.29) is 19.7 Å². The van der Waals surface area contributed by atoms with Crippen LogP contribution in [0.15, 0.2) is 18.2 Å². The van der Waals surface area contributed by atoms with Gasteiger partial charge in [0.25, 0.3) is 0 Å². The first-order chi connectivity index (χ1) is 11.2. The minimum atomic E-state index is -0.635. The number of benzene rings is 1. The van der Waals surface area contributed by atoms with Gasteiger partial charge in [0.15, 0.2) is 17.8 Å². The average Bonchev–Trinajstić information content (AvgIpc) is 3.01. The van der Waals surface area contributed by atoms with E-state index in [4.69, 9.17) is 23.7 Å². The van der Waals surface area contributed by atoms with Gasteiger partial charge in [-0.05, 0) is 26.0 Å². The second-order valence-corrected chi connectivity index (χ2v) is 4.98. The van der Waals surface area contributed by atoms with Crippen molar-refractivity contribution in [2.75, 3.05) is 39.7 Å². The average molecular weight is 327 g/mol. The summed E-state index contributed by atoms with van der Waals surface area (Å²) in [5.74, 6) is 2.00. The maximum Gasteiger partial charge on any atom is 0.231 e. The van der Waals surface area contributed by atoms with E-state index in [2.05, 4.69) is 5.32 Å². The van der Waals surface area contributed by atoms with Crippen LogP contribution in [0.2, 0.25) is 0 Å². The number of nitrogens with one attached hydrogen (secondary N) is 1. The molecule has 0 aromatic heterocycles. The van der Waals surface area contributed by atoms with Gasteiger partial charge in [-0.25, -0.2) is 0 Å². The van der Waals surface area contributed by atoms with Gasteiger partial charge in [0.2, 0.25) is 6.79 Å². The van der Waals surface area contributed by atoms with Crippen LogP contribution in [0, 0.1) is 0 Å². The van der Waals surface area contributed by atoms with Crippen molar-refractivity contribution in [2.24, 2.45) is 0 Å². The molecular formula is C16H25NO6. The molecule has 1 atom stereocenters. The van der Waals surface area contributed by atoms with Crippen LogP contribution < -0.4 is 19.5 Å². The third-order valence-electron chi connectivity index (χ3n) is 3.18. The molecule has 0 bridgehead atoms. The van der Waals surface area contributed by atoms with Crippen LogP contribution in [0.1, 0.15) is 13.8 Å². The minimum absolute atomic E-state index is 0.181. The molecule has 0 saturated heterocycles. The molecule has 7 nitrogen and oxygen atoms in total. The predicted molar refractivity (Wildman–Crippen MR) is 84.0 cm³/mol. The van der Waals surface area contributed by atoms with E-state index in [0.717, 1.165) is 0 Å². The third kappa shape index (κ3) is 5.87. The lowest BCUT2D eigenvalue weighted by Gasteiger charge is -2.19. The van der Waals surface area contributed by atoms with Crippen LogP contribution >= 0.6 is 0 Å². The van der Waals surface area contributed by atoms with Crippen molar-refractivity contribution in [3.8, 4) is 17.2 Å². The normalized spacial score (nSPS) is 14.3. The van der Waals surface area contributed by atoms with Crippen molar-refractivity contribution in [2.45, 2.75) is 26.2 Å². The molecule has 2 N–H and O–H groups in total. The van der Waals surface area contributed by atoms with Gasteiger partial charge in [-0.15, -0.1) is 0 Å². The lowest BCUT2D eigenvalue weighted by molar-refractivity contribution is -0.133. The van der Waals surface area contributed by atoms with E-state index in [1.807, 2.05) is 13.8 Å². The number of hydrogen-bond donors (Lipinski definition) is 2. The number of fused-ring (bicyclic) bond motifs is 1. The molecule has 0 fully saturated rings. The summed E-state index contributed by atoms with van der Waals surface area (Å²) >= 11 is 0. The first kappa shape index (κ1) is 17.8. The van der Waals surface area contributed by atoms with E-state index in [1.54, 1.807) is 18.2 Å². The van der Waals surface area contributed by atoms with Crippen molar-refractivity contribution in [3.05, 3.63) is 18.2 Å². The van der Waals surface area contributed by atoms with Crippen LogP contribution in [-0.2, 0) is 9.47 Å². The highest BCUT2D eigenvalue weighted by atomic mass is 16.7. The Morgan fingerprint density at radius 2 is 1.87 bits per heavy atom. The van der Waals surface area contributed by atoms with Gasteiger partial charge in [-0.3, -0.25) is 0 Å². The smallest absolute Gasteiger partial charge is 0.231 e. The van der Waals surface area contributed by atoms with E-state index >= 15 is 0 Å². The molecule has 1 aromatic carbocycles. The Morgan fingerprint density at radius 3 is 2.61 bits per heavy atom. The molecule has 1 aromatic rings. The second-order valence-electron chi connectivity index (χ2n) is 4.98. The largest absolute Gasteiger partial charge is 0.491 e. The van der Waals surface area contributed by atoms with Crippen LogP contribution in [0.3, 0.4) is 0 Å². The zero-order chi connectivity index (χ0) is 16.5. The fourth-order valence-electron chi connectivity index (χ4n) is 2.12. The predicted octanol–water partition coefficient (Wildman–Crippen LogP) is 1.14. The van der Waals surface area contributed by atoms with Gasteiger partial charge in [-0.1, -0.05) is 0 Å². The Labute approximate surface area is 136 Å². The Balaban J connectivity index is 1.65. The molecule has 0 amide bonds. The zero-order valence-corrected chi connectivity index (χ0v) is 13.6. The maximum atomic E-state index is 9.95. The summed E-state index contributed by atoms with van der Waals surface area (Å²) in [5.41, 5.74) is 0. The molecule has 1 heterocycles. The maximum absolute atomic E-state index is 9.95. The summed E-state index contributed by atoms with van der Waals surface area (Å²) in [6.45, 7) is 6.32. The van der Waals surface area contributed by atoms with Gasteiger partial charge in [0.05, 0.1) is 0 Å². The Kier molecular flexibility index (Phi) is 7.41. The van der Waals surface area contributed by atoms with Gasteiger partial charge >= 0.3 is 0 Å². The fourth-order valence-corrected chi connectivity index (χ4v) is 2.12. The van der Waals surface area contributed by atoms with E-state index in [1.165, 1.54) is 0 Å². The van der Waals surface area contributed by atoms with Crippen molar-refractivity contribution in [3.63, 3.8) is 0 Å². The van der Waals surface area contributed by atoms with E-state index in [9.17, 15) is 5.11 Å². The van der Waals surface area contributed by atoms with E-state index < -0.39 is 6.10 Å². The fraction of sp³-hybridized carbons (Fsp3) is 0.625. The number of hydrogen-bond acceptors (Lipinski definition) is 7. The van der Waals surface area contributed by atoms with Crippen molar-refractivity contribution in [1.29, 1.82) is 0 Å². The monoisotopic (exact) mass is 327 g/mol. The van der Waals surface area contributed by atoms with Crippen molar-refractivity contribution in [1.82, 2.24) is 5.32 Å². The van der Waals surface area contributed by atoms with Crippen LogP contribution in [-0.4, -0.2) is 57.2 Å². The standard InChI is InChI=1S/C16H25NO6/c1-3-19-16(20-4-2)9-17-8-12(18)10-21-13-5-6-14-15(7-13)23-11-22-14/h5-7,12,16-18H,3-4,8-11H2,1-2H3/t12-/m0/s1. The highest BCUT2D eigenvalue weighted by Crippen LogP contribution is 2.35. The zero-order valence-electron chi connectivity index (χ0n) is 13.6. The SMILES string of the molecule is CCOC(CNC[C@H](O)COc1ccc2c(c1)OCO2)OCC. The molecule has 0 spiro atoms. The number of ether oxygens (including phenoxy) is 5. The molecule has 1 aliphatic rings. The summed E-state index contributed by atoms with van der Waals surface area (Å²) in [6, 6.07) is 5.33. The van der Waals surface area contributed by atoms with Crippen molar-refractivity contribution >= 4 is 0 Å². The van der Waals surface area contributed by atoms with Gasteiger partial charge in [0.1, 0.15) is 18.5 Å². The molecule has 0 aliphatic carbocycles. The number of aliphatic hydroxyl groups excluding tert-OH is 1. The van der Waals surface area contributed by atoms with Gasteiger partial charge < -0.3 is 34.1 Å². The lowest BCUT2D eigenvalue weighted by atomic mass is 10.3. The van der Waals surface area contributed by atoms with Gasteiger partial charge in [0, 0.05) is 32.4 Å². The van der Waals surface area contributed by atoms with Crippen molar-refractivity contribution < 1.29 is 28.8 Å². The second kappa shape index (κ2) is 9.57. The molecule has 0 saturated carbocycles. The molecule has 0 radical (unpaired) electrons. The molecule has 0 unspecified atom stereocenters. The Morgan fingerprint density at radius 1 is 1.13 bits per heavy atom. The molecule has 1 aliphatic heterocycles. The lowest BCUT2D eigenvalue weighted by Crippen LogP contribution is -2.37. The molecule has 7 heteroatoms. The molecule has 2 rings (SSSR count). The number of aliphatic hydroxyl groups is 1. The highest BCUT2D eigenvalue weighted by Gasteiger charge is 2.14. The molecule has 130 valence electrons. The summed E-state index contributed by atoms with van der Waals surface area (Å²) < 4.78 is 26.9. The Bertz CT molecular complexity index is 464. The number of rotatable bonds is 11. The quantitative estimate of drug-likeness (QED) is 0.590. The summed E-state index contributed by atoms with van der Waals surface area (Å²) in [4.78, 5) is 0. The third-order valence-corrected chi connectivity index (χ3v) is 3.18. The topological polar surface area (TPSA) is 78.4 Å². The van der Waals surface area contributed by atoms with E-state index in [0.29, 0.717) is 43.6 Å². The first-order valence-corrected chi connectivity index (χ1v) is 7.87. The minimum Gasteiger partial charge on any atom is -0.491 e. The first-order valence-electron chi connectivity index (χ1n) is 7.87. The molecular weight excluding hydrogens is 302 g/mol. The van der Waals surface area contributed by atoms with Gasteiger partial charge in [-0.2, -0.15) is 0 Å². The van der Waals surface area contributed by atoms with Crippen LogP contribution in [0.4, 0.5) is 0 Å². The summed E-state index contributed by atoms with van der Waals surface area (Å²) in [6.07, 6.45) is -0.934. The van der Waals surface area contributed by atoms with Crippen LogP contribution in [0.25, 0.3) is 0 Å². The van der Waals surface area contributed by atoms with Crippen LogP contribution in [0.5, 0.6) is 17.2 Å².